The minimum Gasteiger partial charge on any atom is -0.508 e. The SMILES string of the molecule is O=C(O)CCC1C2C=CC(C2)C1c1cccc(O)c1. The smallest absolute Gasteiger partial charge is 0.303 e. The van der Waals surface area contributed by atoms with Crippen molar-refractivity contribution in [2.45, 2.75) is 25.2 Å². The number of fused-ring (bicyclic) bond motifs is 2. The minimum absolute atomic E-state index is 0.233. The summed E-state index contributed by atoms with van der Waals surface area (Å²) in [4.78, 5) is 10.8. The summed E-state index contributed by atoms with van der Waals surface area (Å²) in [7, 11) is 0. The number of rotatable bonds is 4. The zero-order valence-electron chi connectivity index (χ0n) is 10.7. The van der Waals surface area contributed by atoms with Gasteiger partial charge in [-0.2, -0.15) is 0 Å². The fourth-order valence-electron chi connectivity index (χ4n) is 3.83. The number of aromatic hydroxyl groups is 1. The van der Waals surface area contributed by atoms with E-state index in [9.17, 15) is 9.90 Å². The second-order valence-corrected chi connectivity index (χ2v) is 5.67. The van der Waals surface area contributed by atoms with Gasteiger partial charge in [0.15, 0.2) is 0 Å². The first-order valence-corrected chi connectivity index (χ1v) is 6.84. The quantitative estimate of drug-likeness (QED) is 0.815. The van der Waals surface area contributed by atoms with Crippen molar-refractivity contribution < 1.29 is 15.0 Å². The second kappa shape index (κ2) is 4.72. The molecule has 4 atom stereocenters. The molecule has 0 heterocycles. The largest absolute Gasteiger partial charge is 0.508 e. The first kappa shape index (κ1) is 12.3. The lowest BCUT2D eigenvalue weighted by Gasteiger charge is -2.28. The normalized spacial score (nSPS) is 31.8. The van der Waals surface area contributed by atoms with Crippen LogP contribution in [-0.2, 0) is 4.79 Å². The number of hydrogen-bond donors (Lipinski definition) is 2. The van der Waals surface area contributed by atoms with Crippen LogP contribution in [0.5, 0.6) is 5.75 Å². The van der Waals surface area contributed by atoms with Gasteiger partial charge in [-0.25, -0.2) is 0 Å². The molecule has 3 heteroatoms. The Bertz CT molecular complexity index is 520. The van der Waals surface area contributed by atoms with Gasteiger partial charge in [0.25, 0.3) is 0 Å². The molecule has 0 aliphatic heterocycles. The van der Waals surface area contributed by atoms with E-state index in [1.54, 1.807) is 6.07 Å². The summed E-state index contributed by atoms with van der Waals surface area (Å²) in [5.74, 6) is 1.35. The number of carbonyl (C=O) groups is 1. The summed E-state index contributed by atoms with van der Waals surface area (Å²) < 4.78 is 0. The van der Waals surface area contributed by atoms with Crippen LogP contribution < -0.4 is 0 Å². The highest BCUT2D eigenvalue weighted by molar-refractivity contribution is 5.66. The highest BCUT2D eigenvalue weighted by atomic mass is 16.4. The molecule has 1 fully saturated rings. The molecule has 2 aliphatic carbocycles. The summed E-state index contributed by atoms with van der Waals surface area (Å²) in [6.07, 6.45) is 6.59. The number of phenolic OH excluding ortho intramolecular Hbond substituents is 1. The molecular weight excluding hydrogens is 240 g/mol. The fraction of sp³-hybridized carbons (Fsp3) is 0.438. The molecular formula is C16H18O3. The van der Waals surface area contributed by atoms with Crippen molar-refractivity contribution in [3.05, 3.63) is 42.0 Å². The van der Waals surface area contributed by atoms with Crippen LogP contribution in [0.1, 0.15) is 30.7 Å². The van der Waals surface area contributed by atoms with Gasteiger partial charge in [0.05, 0.1) is 0 Å². The Kier molecular flexibility index (Phi) is 3.05. The molecule has 0 spiro atoms. The van der Waals surface area contributed by atoms with E-state index in [0.29, 0.717) is 29.4 Å². The van der Waals surface area contributed by atoms with E-state index in [1.807, 2.05) is 18.2 Å². The van der Waals surface area contributed by atoms with E-state index in [2.05, 4.69) is 12.2 Å². The lowest BCUT2D eigenvalue weighted by Crippen LogP contribution is -2.19. The highest BCUT2D eigenvalue weighted by Crippen LogP contribution is 2.54. The minimum atomic E-state index is -0.721. The van der Waals surface area contributed by atoms with Crippen LogP contribution in [0.2, 0.25) is 0 Å². The molecule has 3 nitrogen and oxygen atoms in total. The molecule has 0 aromatic heterocycles. The van der Waals surface area contributed by atoms with Crippen molar-refractivity contribution in [3.8, 4) is 5.75 Å². The lowest BCUT2D eigenvalue weighted by atomic mass is 9.76. The first-order chi connectivity index (χ1) is 9.15. The van der Waals surface area contributed by atoms with Gasteiger partial charge in [-0.3, -0.25) is 4.79 Å². The molecule has 1 aromatic carbocycles. The third-order valence-corrected chi connectivity index (χ3v) is 4.57. The Morgan fingerprint density at radius 2 is 2.05 bits per heavy atom. The van der Waals surface area contributed by atoms with Crippen LogP contribution in [0, 0.1) is 17.8 Å². The number of carboxylic acids is 1. The van der Waals surface area contributed by atoms with Gasteiger partial charge in [0.1, 0.15) is 5.75 Å². The number of benzene rings is 1. The van der Waals surface area contributed by atoms with Crippen LogP contribution in [0.25, 0.3) is 0 Å². The zero-order valence-corrected chi connectivity index (χ0v) is 10.7. The summed E-state index contributed by atoms with van der Waals surface area (Å²) in [6.45, 7) is 0. The lowest BCUT2D eigenvalue weighted by molar-refractivity contribution is -0.137. The molecule has 19 heavy (non-hydrogen) atoms. The third kappa shape index (κ3) is 2.25. The predicted molar refractivity (Wildman–Crippen MR) is 71.9 cm³/mol. The van der Waals surface area contributed by atoms with Crippen molar-refractivity contribution in [1.29, 1.82) is 0 Å². The molecule has 0 radical (unpaired) electrons. The molecule has 0 saturated heterocycles. The van der Waals surface area contributed by atoms with E-state index in [-0.39, 0.29) is 6.42 Å². The molecule has 100 valence electrons. The molecule has 1 aromatic rings. The maximum atomic E-state index is 10.8. The first-order valence-electron chi connectivity index (χ1n) is 6.84. The van der Waals surface area contributed by atoms with E-state index in [1.165, 1.54) is 0 Å². The molecule has 2 bridgehead atoms. The Morgan fingerprint density at radius 3 is 2.79 bits per heavy atom. The molecule has 1 saturated carbocycles. The van der Waals surface area contributed by atoms with Gasteiger partial charge in [0.2, 0.25) is 0 Å². The van der Waals surface area contributed by atoms with E-state index in [4.69, 9.17) is 5.11 Å². The number of carboxylic acid groups (broad SMARTS) is 1. The third-order valence-electron chi connectivity index (χ3n) is 4.57. The van der Waals surface area contributed by atoms with E-state index in [0.717, 1.165) is 18.4 Å². The fourth-order valence-corrected chi connectivity index (χ4v) is 3.83. The van der Waals surface area contributed by atoms with Gasteiger partial charge in [0, 0.05) is 6.42 Å². The second-order valence-electron chi connectivity index (χ2n) is 5.67. The standard InChI is InChI=1S/C16H18O3/c17-13-3-1-2-11(9-13)16-12-5-4-10(8-12)14(16)6-7-15(18)19/h1-5,9-10,12,14,16-17H,6-8H2,(H,18,19). The Morgan fingerprint density at radius 1 is 1.26 bits per heavy atom. The van der Waals surface area contributed by atoms with Crippen molar-refractivity contribution in [2.24, 2.45) is 17.8 Å². The van der Waals surface area contributed by atoms with Gasteiger partial charge in [-0.15, -0.1) is 0 Å². The number of phenols is 1. The topological polar surface area (TPSA) is 57.5 Å². The van der Waals surface area contributed by atoms with Gasteiger partial charge in [-0.05, 0) is 54.2 Å². The van der Waals surface area contributed by atoms with Crippen molar-refractivity contribution in [2.75, 3.05) is 0 Å². The number of allylic oxidation sites excluding steroid dienone is 2. The van der Waals surface area contributed by atoms with Crippen LogP contribution in [0.15, 0.2) is 36.4 Å². The Labute approximate surface area is 112 Å². The zero-order chi connectivity index (χ0) is 13.4. The van der Waals surface area contributed by atoms with Crippen molar-refractivity contribution in [3.63, 3.8) is 0 Å². The van der Waals surface area contributed by atoms with Gasteiger partial charge >= 0.3 is 5.97 Å². The summed E-state index contributed by atoms with van der Waals surface area (Å²) in [6, 6.07) is 7.42. The Balaban J connectivity index is 1.85. The maximum Gasteiger partial charge on any atom is 0.303 e. The molecule has 0 amide bonds. The van der Waals surface area contributed by atoms with Crippen molar-refractivity contribution in [1.82, 2.24) is 0 Å². The van der Waals surface area contributed by atoms with Crippen LogP contribution in [0.4, 0.5) is 0 Å². The maximum absolute atomic E-state index is 10.8. The molecule has 4 unspecified atom stereocenters. The summed E-state index contributed by atoms with van der Waals surface area (Å²) in [5.41, 5.74) is 1.15. The predicted octanol–water partition coefficient (Wildman–Crippen LogP) is 3.16. The Hall–Kier alpha value is -1.77. The van der Waals surface area contributed by atoms with Gasteiger partial charge < -0.3 is 10.2 Å². The average molecular weight is 258 g/mol. The monoisotopic (exact) mass is 258 g/mol. The van der Waals surface area contributed by atoms with Gasteiger partial charge in [-0.1, -0.05) is 24.3 Å². The molecule has 2 N–H and O–H groups in total. The molecule has 3 rings (SSSR count). The van der Waals surface area contributed by atoms with E-state index < -0.39 is 5.97 Å². The number of hydrogen-bond acceptors (Lipinski definition) is 2. The van der Waals surface area contributed by atoms with Crippen LogP contribution in [-0.4, -0.2) is 16.2 Å². The van der Waals surface area contributed by atoms with Crippen LogP contribution >= 0.6 is 0 Å². The average Bonchev–Trinajstić information content (AvgIpc) is 2.96. The highest BCUT2D eigenvalue weighted by Gasteiger charge is 2.44. The van der Waals surface area contributed by atoms with Crippen molar-refractivity contribution >= 4 is 5.97 Å². The van der Waals surface area contributed by atoms with Crippen LogP contribution in [0.3, 0.4) is 0 Å². The number of aliphatic carboxylic acids is 1. The molecule has 2 aliphatic rings. The van der Waals surface area contributed by atoms with E-state index >= 15 is 0 Å². The summed E-state index contributed by atoms with van der Waals surface area (Å²) >= 11 is 0. The summed E-state index contributed by atoms with van der Waals surface area (Å²) in [5, 5.41) is 18.5.